The van der Waals surface area contributed by atoms with Crippen LogP contribution in [0.5, 0.6) is 0 Å². The molecule has 0 heterocycles. The van der Waals surface area contributed by atoms with E-state index in [4.69, 9.17) is 5.26 Å². The quantitative estimate of drug-likeness (QED) is 0.802. The van der Waals surface area contributed by atoms with Gasteiger partial charge in [-0.05, 0) is 24.5 Å². The Kier molecular flexibility index (Phi) is 4.87. The van der Waals surface area contributed by atoms with Crippen LogP contribution < -0.4 is 4.90 Å². The number of nitriles is 1. The second kappa shape index (κ2) is 6.19. The Labute approximate surface area is 100 Å². The van der Waals surface area contributed by atoms with Gasteiger partial charge < -0.3 is 4.90 Å². The van der Waals surface area contributed by atoms with E-state index in [0.717, 1.165) is 11.4 Å². The maximum absolute atomic E-state index is 11.7. The van der Waals surface area contributed by atoms with Gasteiger partial charge in [0.15, 0.2) is 0 Å². The summed E-state index contributed by atoms with van der Waals surface area (Å²) in [5, 5.41) is 8.77. The fourth-order valence-electron chi connectivity index (χ4n) is 1.29. The summed E-state index contributed by atoms with van der Waals surface area (Å²) in [6, 6.07) is 9.12. The monoisotopic (exact) mass is 234 g/mol. The molecule has 0 N–H and O–H groups in total. The van der Waals surface area contributed by atoms with Crippen LogP contribution in [0.3, 0.4) is 0 Å². The number of carbonyl (C=O) groups excluding carboxylic acids is 1. The lowest BCUT2D eigenvalue weighted by Gasteiger charge is -2.17. The van der Waals surface area contributed by atoms with Gasteiger partial charge in [-0.25, -0.2) is 0 Å². The molecule has 16 heavy (non-hydrogen) atoms. The van der Waals surface area contributed by atoms with Gasteiger partial charge in [-0.1, -0.05) is 6.07 Å². The number of nitrogens with zero attached hydrogens (tertiary/aromatic N) is 2. The van der Waals surface area contributed by atoms with Crippen molar-refractivity contribution in [1.29, 1.82) is 5.26 Å². The van der Waals surface area contributed by atoms with Crippen LogP contribution in [0.15, 0.2) is 24.3 Å². The molecule has 84 valence electrons. The van der Waals surface area contributed by atoms with Gasteiger partial charge in [-0.15, -0.1) is 0 Å². The first kappa shape index (κ1) is 12.6. The van der Waals surface area contributed by atoms with Crippen molar-refractivity contribution < 1.29 is 4.79 Å². The van der Waals surface area contributed by atoms with Crippen molar-refractivity contribution in [2.24, 2.45) is 0 Å². The van der Waals surface area contributed by atoms with E-state index in [9.17, 15) is 4.79 Å². The molecule has 3 nitrogen and oxygen atoms in total. The summed E-state index contributed by atoms with van der Waals surface area (Å²) < 4.78 is 0. The third kappa shape index (κ3) is 3.28. The topological polar surface area (TPSA) is 44.1 Å². The van der Waals surface area contributed by atoms with Gasteiger partial charge in [-0.3, -0.25) is 4.79 Å². The third-order valence-corrected chi connectivity index (χ3v) is 2.87. The number of hydrogen-bond acceptors (Lipinski definition) is 3. The number of rotatable bonds is 4. The molecule has 1 rings (SSSR count). The van der Waals surface area contributed by atoms with Crippen LogP contribution in [-0.2, 0) is 4.79 Å². The van der Waals surface area contributed by atoms with Crippen LogP contribution in [0, 0.1) is 11.3 Å². The predicted octanol–water partition coefficient (Wildman–Crippen LogP) is 2.27. The SMILES string of the molecule is CSCCC(=O)N(C)c1cccc(C#N)c1. The molecule has 4 heteroatoms. The minimum Gasteiger partial charge on any atom is -0.315 e. The number of benzene rings is 1. The summed E-state index contributed by atoms with van der Waals surface area (Å²) in [5.74, 6) is 0.894. The van der Waals surface area contributed by atoms with E-state index in [1.807, 2.05) is 12.3 Å². The molecule has 0 aromatic heterocycles. The fourth-order valence-corrected chi connectivity index (χ4v) is 1.66. The molecular weight excluding hydrogens is 220 g/mol. The van der Waals surface area contributed by atoms with Crippen molar-refractivity contribution in [2.75, 3.05) is 24.0 Å². The maximum atomic E-state index is 11.7. The van der Waals surface area contributed by atoms with Crippen molar-refractivity contribution >= 4 is 23.4 Å². The van der Waals surface area contributed by atoms with Gasteiger partial charge in [-0.2, -0.15) is 17.0 Å². The van der Waals surface area contributed by atoms with Gasteiger partial charge in [0, 0.05) is 24.9 Å². The molecule has 0 bridgehead atoms. The largest absolute Gasteiger partial charge is 0.315 e. The Morgan fingerprint density at radius 3 is 2.94 bits per heavy atom. The number of thioether (sulfide) groups is 1. The molecule has 0 aliphatic carbocycles. The molecular formula is C12H14N2OS. The van der Waals surface area contributed by atoms with Crippen LogP contribution in [0.2, 0.25) is 0 Å². The molecule has 0 aliphatic rings. The molecule has 0 radical (unpaired) electrons. The van der Waals surface area contributed by atoms with Crippen molar-refractivity contribution in [1.82, 2.24) is 0 Å². The van der Waals surface area contributed by atoms with Crippen molar-refractivity contribution in [2.45, 2.75) is 6.42 Å². The molecule has 1 amide bonds. The van der Waals surface area contributed by atoms with Gasteiger partial charge >= 0.3 is 0 Å². The molecule has 0 spiro atoms. The number of carbonyl (C=O) groups is 1. The summed E-state index contributed by atoms with van der Waals surface area (Å²) in [6.45, 7) is 0. The van der Waals surface area contributed by atoms with E-state index in [0.29, 0.717) is 12.0 Å². The molecule has 0 saturated carbocycles. The molecule has 0 aliphatic heterocycles. The van der Waals surface area contributed by atoms with Gasteiger partial charge in [0.25, 0.3) is 0 Å². The second-order valence-electron chi connectivity index (χ2n) is 3.36. The Morgan fingerprint density at radius 2 is 2.31 bits per heavy atom. The second-order valence-corrected chi connectivity index (χ2v) is 4.34. The first-order chi connectivity index (χ1) is 7.69. The zero-order chi connectivity index (χ0) is 12.0. The predicted molar refractivity (Wildman–Crippen MR) is 67.6 cm³/mol. The molecule has 0 fully saturated rings. The van der Waals surface area contributed by atoms with E-state index in [1.165, 1.54) is 0 Å². The lowest BCUT2D eigenvalue weighted by Crippen LogP contribution is -2.26. The molecule has 0 unspecified atom stereocenters. The van der Waals surface area contributed by atoms with Gasteiger partial charge in [0.1, 0.15) is 0 Å². The number of amides is 1. The number of anilines is 1. The fraction of sp³-hybridized carbons (Fsp3) is 0.333. The minimum atomic E-state index is 0.0736. The summed E-state index contributed by atoms with van der Waals surface area (Å²) in [5.41, 5.74) is 1.34. The number of hydrogen-bond donors (Lipinski definition) is 0. The average molecular weight is 234 g/mol. The summed E-state index contributed by atoms with van der Waals surface area (Å²) in [7, 11) is 1.74. The molecule has 1 aromatic carbocycles. The molecule has 1 aromatic rings. The lowest BCUT2D eigenvalue weighted by molar-refractivity contribution is -0.117. The van der Waals surface area contributed by atoms with Crippen LogP contribution >= 0.6 is 11.8 Å². The Bertz CT molecular complexity index is 412. The highest BCUT2D eigenvalue weighted by molar-refractivity contribution is 7.98. The van der Waals surface area contributed by atoms with E-state index in [-0.39, 0.29) is 5.91 Å². The van der Waals surface area contributed by atoms with Crippen molar-refractivity contribution in [3.63, 3.8) is 0 Å². The average Bonchev–Trinajstić information content (AvgIpc) is 2.35. The van der Waals surface area contributed by atoms with E-state index < -0.39 is 0 Å². The molecule has 0 saturated heterocycles. The third-order valence-electron chi connectivity index (χ3n) is 2.26. The Balaban J connectivity index is 2.76. The smallest absolute Gasteiger partial charge is 0.227 e. The van der Waals surface area contributed by atoms with E-state index in [2.05, 4.69) is 6.07 Å². The van der Waals surface area contributed by atoms with E-state index >= 15 is 0 Å². The van der Waals surface area contributed by atoms with Crippen LogP contribution in [0.4, 0.5) is 5.69 Å². The summed E-state index contributed by atoms with van der Waals surface area (Å²) >= 11 is 1.65. The Morgan fingerprint density at radius 1 is 1.56 bits per heavy atom. The zero-order valence-corrected chi connectivity index (χ0v) is 10.3. The van der Waals surface area contributed by atoms with E-state index in [1.54, 1.807) is 41.9 Å². The first-order valence-electron chi connectivity index (χ1n) is 4.94. The van der Waals surface area contributed by atoms with Crippen LogP contribution in [0.25, 0.3) is 0 Å². The summed E-state index contributed by atoms with van der Waals surface area (Å²) in [6.07, 6.45) is 2.50. The van der Waals surface area contributed by atoms with Crippen molar-refractivity contribution in [3.8, 4) is 6.07 Å². The summed E-state index contributed by atoms with van der Waals surface area (Å²) in [4.78, 5) is 13.3. The normalized spacial score (nSPS) is 9.56. The van der Waals surface area contributed by atoms with Gasteiger partial charge in [0.05, 0.1) is 11.6 Å². The molecule has 0 atom stereocenters. The van der Waals surface area contributed by atoms with Crippen LogP contribution in [0.1, 0.15) is 12.0 Å². The first-order valence-corrected chi connectivity index (χ1v) is 6.34. The van der Waals surface area contributed by atoms with Gasteiger partial charge in [0.2, 0.25) is 5.91 Å². The highest BCUT2D eigenvalue weighted by Gasteiger charge is 2.10. The maximum Gasteiger partial charge on any atom is 0.227 e. The van der Waals surface area contributed by atoms with Crippen molar-refractivity contribution in [3.05, 3.63) is 29.8 Å². The highest BCUT2D eigenvalue weighted by Crippen LogP contribution is 2.15. The highest BCUT2D eigenvalue weighted by atomic mass is 32.2. The standard InChI is InChI=1S/C12H14N2OS/c1-14(12(15)6-7-16-2)11-5-3-4-10(8-11)9-13/h3-5,8H,6-7H2,1-2H3. The Hall–Kier alpha value is -1.47. The minimum absolute atomic E-state index is 0.0736. The zero-order valence-electron chi connectivity index (χ0n) is 9.43. The lowest BCUT2D eigenvalue weighted by atomic mass is 10.2. The van der Waals surface area contributed by atoms with Crippen LogP contribution in [-0.4, -0.2) is 25.0 Å².